The molecular weight excluding hydrogens is 358 g/mol. The van der Waals surface area contributed by atoms with Crippen molar-refractivity contribution in [1.82, 2.24) is 0 Å². The Morgan fingerprint density at radius 2 is 1.89 bits per heavy atom. The Hall–Kier alpha value is -1.37. The summed E-state index contributed by atoms with van der Waals surface area (Å²) in [5.74, 6) is 0. The van der Waals surface area contributed by atoms with Crippen molar-refractivity contribution in [2.45, 2.75) is 90.8 Å². The Bertz CT molecular complexity index is 627. The molecule has 1 heterocycles. The highest BCUT2D eigenvalue weighted by Gasteiger charge is 2.44. The number of rotatable bonds is 6. The van der Waals surface area contributed by atoms with Crippen molar-refractivity contribution in [1.29, 1.82) is 0 Å². The highest BCUT2D eigenvalue weighted by molar-refractivity contribution is 6.74. The van der Waals surface area contributed by atoms with E-state index in [0.29, 0.717) is 13.0 Å². The molecule has 0 amide bonds. The van der Waals surface area contributed by atoms with Crippen LogP contribution in [0.5, 0.6) is 0 Å². The zero-order valence-electron chi connectivity index (χ0n) is 16.7. The maximum Gasteiger partial charge on any atom is 0.195 e. The van der Waals surface area contributed by atoms with Gasteiger partial charge in [-0.1, -0.05) is 63.6 Å². The van der Waals surface area contributed by atoms with E-state index in [4.69, 9.17) is 19.4 Å². The van der Waals surface area contributed by atoms with E-state index in [0.717, 1.165) is 5.56 Å². The smallest absolute Gasteiger partial charge is 0.195 e. The SMILES string of the molecule is C.CC1OC(O[Si](C)(C)C(C)(C)C)CC(N=[N+]=[N-])C1OCc1ccccc1. The van der Waals surface area contributed by atoms with Gasteiger partial charge in [-0.15, -0.1) is 0 Å². The van der Waals surface area contributed by atoms with E-state index in [9.17, 15) is 0 Å². The number of hydrogen-bond donors (Lipinski definition) is 0. The van der Waals surface area contributed by atoms with Gasteiger partial charge in [-0.25, -0.2) is 0 Å². The fraction of sp³-hybridized carbons (Fsp3) is 0.700. The van der Waals surface area contributed by atoms with Crippen LogP contribution >= 0.6 is 0 Å². The van der Waals surface area contributed by atoms with Gasteiger partial charge in [-0.2, -0.15) is 0 Å². The highest BCUT2D eigenvalue weighted by Crippen LogP contribution is 2.39. The van der Waals surface area contributed by atoms with Gasteiger partial charge in [-0.05, 0) is 36.2 Å². The molecule has 1 aromatic rings. The summed E-state index contributed by atoms with van der Waals surface area (Å²) in [5.41, 5.74) is 10.1. The predicted molar refractivity (Wildman–Crippen MR) is 112 cm³/mol. The fourth-order valence-corrected chi connectivity index (χ4v) is 3.95. The molecule has 4 atom stereocenters. The van der Waals surface area contributed by atoms with Crippen LogP contribution in [0.1, 0.15) is 47.1 Å². The molecule has 27 heavy (non-hydrogen) atoms. The van der Waals surface area contributed by atoms with Crippen LogP contribution in [0.4, 0.5) is 0 Å². The van der Waals surface area contributed by atoms with Crippen molar-refractivity contribution in [2.24, 2.45) is 5.11 Å². The molecule has 0 bridgehead atoms. The van der Waals surface area contributed by atoms with E-state index < -0.39 is 8.32 Å². The van der Waals surface area contributed by atoms with Crippen LogP contribution in [-0.4, -0.2) is 32.9 Å². The van der Waals surface area contributed by atoms with Crippen LogP contribution < -0.4 is 0 Å². The summed E-state index contributed by atoms with van der Waals surface area (Å²) in [5, 5.41) is 4.07. The van der Waals surface area contributed by atoms with Crippen LogP contribution in [0, 0.1) is 0 Å². The molecule has 0 spiro atoms. The Labute approximate surface area is 165 Å². The standard InChI is InChI=1S/C19H31N3O3Si.CH4/c1-14-18(23-13-15-10-8-7-9-11-15)16(21-22-20)12-17(24-14)25-26(5,6)19(2,3)4;/h7-11,14,16-18H,12-13H2,1-6H3;1H4. The van der Waals surface area contributed by atoms with Gasteiger partial charge in [0.15, 0.2) is 8.32 Å². The van der Waals surface area contributed by atoms with Crippen molar-refractivity contribution in [3.05, 3.63) is 46.3 Å². The molecule has 1 saturated heterocycles. The van der Waals surface area contributed by atoms with Crippen LogP contribution in [0.25, 0.3) is 10.4 Å². The Balaban J connectivity index is 0.00000364. The number of ether oxygens (including phenoxy) is 2. The van der Waals surface area contributed by atoms with Crippen molar-refractivity contribution in [2.75, 3.05) is 0 Å². The van der Waals surface area contributed by atoms with Crippen molar-refractivity contribution in [3.8, 4) is 0 Å². The molecule has 6 nitrogen and oxygen atoms in total. The minimum absolute atomic E-state index is 0. The minimum Gasteiger partial charge on any atom is -0.392 e. The minimum atomic E-state index is -1.97. The molecular formula is C20H35N3O3Si. The van der Waals surface area contributed by atoms with Gasteiger partial charge in [-0.3, -0.25) is 0 Å². The van der Waals surface area contributed by atoms with E-state index in [-0.39, 0.29) is 37.0 Å². The third-order valence-electron chi connectivity index (χ3n) is 5.36. The van der Waals surface area contributed by atoms with Gasteiger partial charge in [0.2, 0.25) is 0 Å². The summed E-state index contributed by atoms with van der Waals surface area (Å²) < 4.78 is 18.5. The molecule has 2 rings (SSSR count). The first kappa shape index (κ1) is 23.7. The summed E-state index contributed by atoms with van der Waals surface area (Å²) in [4.78, 5) is 3.02. The van der Waals surface area contributed by atoms with E-state index in [2.05, 4.69) is 43.9 Å². The Morgan fingerprint density at radius 3 is 2.44 bits per heavy atom. The first-order chi connectivity index (χ1) is 12.1. The average Bonchev–Trinajstić information content (AvgIpc) is 2.54. The van der Waals surface area contributed by atoms with Crippen LogP contribution in [0.2, 0.25) is 18.1 Å². The van der Waals surface area contributed by atoms with Gasteiger partial charge in [0, 0.05) is 11.3 Å². The summed E-state index contributed by atoms with van der Waals surface area (Å²) in [7, 11) is -1.97. The van der Waals surface area contributed by atoms with Crippen molar-refractivity contribution >= 4 is 8.32 Å². The molecule has 0 saturated carbocycles. The van der Waals surface area contributed by atoms with Crippen molar-refractivity contribution in [3.63, 3.8) is 0 Å². The lowest BCUT2D eigenvalue weighted by molar-refractivity contribution is -0.205. The first-order valence-electron chi connectivity index (χ1n) is 9.17. The van der Waals surface area contributed by atoms with Gasteiger partial charge >= 0.3 is 0 Å². The third kappa shape index (κ3) is 6.33. The van der Waals surface area contributed by atoms with Crippen LogP contribution in [-0.2, 0) is 20.5 Å². The summed E-state index contributed by atoms with van der Waals surface area (Å²) in [6.07, 6.45) is -0.346. The maximum absolute atomic E-state index is 8.99. The molecule has 4 unspecified atom stereocenters. The maximum atomic E-state index is 8.99. The number of benzene rings is 1. The Kier molecular flexibility index (Phi) is 8.51. The lowest BCUT2D eigenvalue weighted by Gasteiger charge is -2.44. The normalized spacial score (nSPS) is 26.0. The fourth-order valence-electron chi connectivity index (χ4n) is 2.79. The zero-order valence-corrected chi connectivity index (χ0v) is 17.7. The summed E-state index contributed by atoms with van der Waals surface area (Å²) in [6.45, 7) is 13.4. The quantitative estimate of drug-likeness (QED) is 0.256. The van der Waals surface area contributed by atoms with E-state index >= 15 is 0 Å². The van der Waals surface area contributed by atoms with Gasteiger partial charge < -0.3 is 13.9 Å². The topological polar surface area (TPSA) is 76.5 Å². The monoisotopic (exact) mass is 393 g/mol. The molecule has 1 aliphatic rings. The summed E-state index contributed by atoms with van der Waals surface area (Å²) >= 11 is 0. The first-order valence-corrected chi connectivity index (χ1v) is 12.1. The molecule has 0 radical (unpaired) electrons. The van der Waals surface area contributed by atoms with E-state index in [1.165, 1.54) is 0 Å². The zero-order chi connectivity index (χ0) is 19.4. The molecule has 0 N–H and O–H groups in total. The molecule has 0 aromatic heterocycles. The molecule has 152 valence electrons. The van der Waals surface area contributed by atoms with Gasteiger partial charge in [0.1, 0.15) is 6.29 Å². The Morgan fingerprint density at radius 1 is 1.26 bits per heavy atom. The van der Waals surface area contributed by atoms with Crippen LogP contribution in [0.15, 0.2) is 35.4 Å². The van der Waals surface area contributed by atoms with Gasteiger partial charge in [0.05, 0.1) is 24.9 Å². The predicted octanol–water partition coefficient (Wildman–Crippen LogP) is 6.04. The molecule has 1 aliphatic heterocycles. The van der Waals surface area contributed by atoms with E-state index in [1.54, 1.807) is 0 Å². The largest absolute Gasteiger partial charge is 0.392 e. The number of azide groups is 1. The molecule has 7 heteroatoms. The number of nitrogens with zero attached hydrogens (tertiary/aromatic N) is 3. The molecule has 0 aliphatic carbocycles. The second kappa shape index (κ2) is 9.71. The summed E-state index contributed by atoms with van der Waals surface area (Å²) in [6, 6.07) is 9.66. The van der Waals surface area contributed by atoms with E-state index in [1.807, 2.05) is 37.3 Å². The average molecular weight is 394 g/mol. The molecule has 1 fully saturated rings. The van der Waals surface area contributed by atoms with Crippen molar-refractivity contribution < 1.29 is 13.9 Å². The third-order valence-corrected chi connectivity index (χ3v) is 9.82. The number of hydrogen-bond acceptors (Lipinski definition) is 4. The lowest BCUT2D eigenvalue weighted by atomic mass is 10.0. The van der Waals surface area contributed by atoms with Gasteiger partial charge in [0.25, 0.3) is 0 Å². The second-order valence-electron chi connectivity index (χ2n) is 8.42. The lowest BCUT2D eigenvalue weighted by Crippen LogP contribution is -2.52. The molecule has 1 aromatic carbocycles. The highest BCUT2D eigenvalue weighted by atomic mass is 28.4. The van der Waals surface area contributed by atoms with Crippen LogP contribution in [0.3, 0.4) is 0 Å². The second-order valence-corrected chi connectivity index (χ2v) is 13.2.